The van der Waals surface area contributed by atoms with Gasteiger partial charge in [0.2, 0.25) is 0 Å². The molecule has 0 unspecified atom stereocenters. The van der Waals surface area contributed by atoms with Gasteiger partial charge in [-0.25, -0.2) is 4.98 Å². The van der Waals surface area contributed by atoms with Crippen LogP contribution in [-0.4, -0.2) is 20.7 Å². The summed E-state index contributed by atoms with van der Waals surface area (Å²) in [5, 5.41) is 7.56. The van der Waals surface area contributed by atoms with E-state index in [1.54, 1.807) is 16.9 Å². The average molecular weight is 250 g/mol. The maximum Gasteiger partial charge on any atom is 0.277 e. The Labute approximate surface area is 103 Å². The fourth-order valence-corrected chi connectivity index (χ4v) is 2.17. The fourth-order valence-electron chi connectivity index (χ4n) is 1.51. The number of rotatable bonds is 3. The third-order valence-electron chi connectivity index (χ3n) is 2.36. The van der Waals surface area contributed by atoms with Crippen molar-refractivity contribution in [2.45, 2.75) is 27.3 Å². The van der Waals surface area contributed by atoms with E-state index in [0.29, 0.717) is 10.8 Å². The van der Waals surface area contributed by atoms with Gasteiger partial charge >= 0.3 is 0 Å². The first-order valence-corrected chi connectivity index (χ1v) is 6.20. The minimum atomic E-state index is -0.213. The molecule has 2 rings (SSSR count). The van der Waals surface area contributed by atoms with E-state index in [2.05, 4.69) is 15.4 Å². The molecule has 1 amide bonds. The van der Waals surface area contributed by atoms with Gasteiger partial charge in [0, 0.05) is 23.3 Å². The monoisotopic (exact) mass is 250 g/mol. The summed E-state index contributed by atoms with van der Waals surface area (Å²) in [6.07, 6.45) is 1.73. The average Bonchev–Trinajstić information content (AvgIpc) is 2.85. The smallest absolute Gasteiger partial charge is 0.277 e. The lowest BCUT2D eigenvalue weighted by Gasteiger charge is -1.98. The topological polar surface area (TPSA) is 59.8 Å². The molecule has 0 bridgehead atoms. The Kier molecular flexibility index (Phi) is 3.23. The lowest BCUT2D eigenvalue weighted by Crippen LogP contribution is -2.13. The molecule has 0 aliphatic heterocycles. The van der Waals surface area contributed by atoms with E-state index in [1.165, 1.54) is 11.3 Å². The molecule has 0 saturated carbocycles. The summed E-state index contributed by atoms with van der Waals surface area (Å²) in [5.74, 6) is -0.213. The van der Waals surface area contributed by atoms with E-state index in [0.717, 1.165) is 17.1 Å². The zero-order chi connectivity index (χ0) is 12.4. The highest BCUT2D eigenvalue weighted by atomic mass is 32.1. The number of carbonyl (C=O) groups is 1. The summed E-state index contributed by atoms with van der Waals surface area (Å²) in [4.78, 5) is 17.0. The third-order valence-corrected chi connectivity index (χ3v) is 3.18. The van der Waals surface area contributed by atoms with Gasteiger partial charge in [-0.15, -0.1) is 11.3 Å². The van der Waals surface area contributed by atoms with Crippen molar-refractivity contribution in [3.05, 3.63) is 28.5 Å². The van der Waals surface area contributed by atoms with Crippen molar-refractivity contribution in [3.63, 3.8) is 0 Å². The minimum Gasteiger partial charge on any atom is -0.296 e. The Morgan fingerprint density at radius 3 is 2.82 bits per heavy atom. The zero-order valence-electron chi connectivity index (χ0n) is 10.0. The van der Waals surface area contributed by atoms with Crippen molar-refractivity contribution in [1.82, 2.24) is 14.8 Å². The van der Waals surface area contributed by atoms with E-state index in [4.69, 9.17) is 0 Å². The molecule has 6 heteroatoms. The van der Waals surface area contributed by atoms with E-state index < -0.39 is 0 Å². The summed E-state index contributed by atoms with van der Waals surface area (Å²) in [6, 6.07) is 1.78. The summed E-state index contributed by atoms with van der Waals surface area (Å²) in [5.41, 5.74) is 1.41. The van der Waals surface area contributed by atoms with Crippen LogP contribution in [0.2, 0.25) is 0 Å². The lowest BCUT2D eigenvalue weighted by molar-refractivity contribution is 0.102. The van der Waals surface area contributed by atoms with Gasteiger partial charge in [-0.05, 0) is 26.8 Å². The van der Waals surface area contributed by atoms with Crippen molar-refractivity contribution < 1.29 is 4.79 Å². The van der Waals surface area contributed by atoms with Crippen LogP contribution in [0.15, 0.2) is 12.3 Å². The predicted octanol–water partition coefficient (Wildman–Crippen LogP) is 2.23. The molecular weight excluding hydrogens is 236 g/mol. The highest BCUT2D eigenvalue weighted by Crippen LogP contribution is 2.17. The second kappa shape index (κ2) is 4.67. The van der Waals surface area contributed by atoms with Crippen LogP contribution in [0.4, 0.5) is 5.13 Å². The Bertz CT molecular complexity index is 543. The number of amides is 1. The van der Waals surface area contributed by atoms with Crippen LogP contribution in [0.3, 0.4) is 0 Å². The second-order valence-electron chi connectivity index (χ2n) is 3.72. The quantitative estimate of drug-likeness (QED) is 0.908. The number of hydrogen-bond donors (Lipinski definition) is 1. The van der Waals surface area contributed by atoms with Gasteiger partial charge in [0.25, 0.3) is 5.91 Å². The molecule has 0 radical (unpaired) electrons. The molecule has 0 aliphatic carbocycles. The largest absolute Gasteiger partial charge is 0.296 e. The zero-order valence-corrected chi connectivity index (χ0v) is 10.8. The molecule has 0 aromatic carbocycles. The first kappa shape index (κ1) is 11.8. The predicted molar refractivity (Wildman–Crippen MR) is 67.4 cm³/mol. The summed E-state index contributed by atoms with van der Waals surface area (Å²) < 4.78 is 1.79. The molecule has 0 aliphatic rings. The van der Waals surface area contributed by atoms with Crippen molar-refractivity contribution in [1.29, 1.82) is 0 Å². The molecule has 5 nitrogen and oxygen atoms in total. The van der Waals surface area contributed by atoms with Crippen LogP contribution in [-0.2, 0) is 6.54 Å². The van der Waals surface area contributed by atoms with Gasteiger partial charge in [0.05, 0.1) is 0 Å². The van der Waals surface area contributed by atoms with Gasteiger partial charge < -0.3 is 0 Å². The van der Waals surface area contributed by atoms with Crippen molar-refractivity contribution in [2.75, 3.05) is 5.32 Å². The second-order valence-corrected chi connectivity index (χ2v) is 4.95. The Morgan fingerprint density at radius 1 is 1.53 bits per heavy atom. The molecule has 0 saturated heterocycles. The molecule has 0 spiro atoms. The van der Waals surface area contributed by atoms with Crippen LogP contribution in [0.25, 0.3) is 0 Å². The summed E-state index contributed by atoms with van der Waals surface area (Å²) in [6.45, 7) is 6.63. The van der Waals surface area contributed by atoms with Crippen molar-refractivity contribution in [3.8, 4) is 0 Å². The normalized spacial score (nSPS) is 10.5. The first-order valence-electron chi connectivity index (χ1n) is 5.38. The standard InChI is InChI=1S/C11H14N4OS/c1-4-15-7(2)5-9(14-15)10(16)13-11-12-6-8(3)17-11/h5-6H,4H2,1-3H3,(H,12,13,16). The van der Waals surface area contributed by atoms with Crippen LogP contribution in [0.5, 0.6) is 0 Å². The number of nitrogens with zero attached hydrogens (tertiary/aromatic N) is 3. The van der Waals surface area contributed by atoms with E-state index in [9.17, 15) is 4.79 Å². The summed E-state index contributed by atoms with van der Waals surface area (Å²) in [7, 11) is 0. The van der Waals surface area contributed by atoms with Crippen LogP contribution >= 0.6 is 11.3 Å². The summed E-state index contributed by atoms with van der Waals surface area (Å²) >= 11 is 1.45. The van der Waals surface area contributed by atoms with Gasteiger partial charge in [0.15, 0.2) is 10.8 Å². The molecule has 2 heterocycles. The highest BCUT2D eigenvalue weighted by molar-refractivity contribution is 7.15. The molecule has 2 aromatic heterocycles. The fraction of sp³-hybridized carbons (Fsp3) is 0.364. The molecule has 1 N–H and O–H groups in total. The number of anilines is 1. The molecule has 2 aromatic rings. The Balaban J connectivity index is 2.14. The van der Waals surface area contributed by atoms with Crippen LogP contribution in [0.1, 0.15) is 28.0 Å². The van der Waals surface area contributed by atoms with Gasteiger partial charge in [-0.3, -0.25) is 14.8 Å². The van der Waals surface area contributed by atoms with Crippen molar-refractivity contribution in [2.24, 2.45) is 0 Å². The van der Waals surface area contributed by atoms with Crippen molar-refractivity contribution >= 4 is 22.4 Å². The molecule has 17 heavy (non-hydrogen) atoms. The lowest BCUT2D eigenvalue weighted by atomic mass is 10.3. The number of aryl methyl sites for hydroxylation is 3. The molecular formula is C11H14N4OS. The van der Waals surface area contributed by atoms with Crippen LogP contribution < -0.4 is 5.32 Å². The molecule has 0 fully saturated rings. The SMILES string of the molecule is CCn1nc(C(=O)Nc2ncc(C)s2)cc1C. The van der Waals surface area contributed by atoms with E-state index >= 15 is 0 Å². The number of thiazole rings is 1. The minimum absolute atomic E-state index is 0.213. The van der Waals surface area contributed by atoms with E-state index in [1.807, 2.05) is 20.8 Å². The Hall–Kier alpha value is -1.69. The third kappa shape index (κ3) is 2.52. The first-order chi connectivity index (χ1) is 8.10. The van der Waals surface area contributed by atoms with Gasteiger partial charge in [-0.1, -0.05) is 0 Å². The highest BCUT2D eigenvalue weighted by Gasteiger charge is 2.13. The van der Waals surface area contributed by atoms with E-state index in [-0.39, 0.29) is 5.91 Å². The van der Waals surface area contributed by atoms with Crippen LogP contribution in [0, 0.1) is 13.8 Å². The number of aromatic nitrogens is 3. The number of nitrogens with one attached hydrogen (secondary N) is 1. The molecule has 0 atom stereocenters. The maximum atomic E-state index is 11.9. The Morgan fingerprint density at radius 2 is 2.29 bits per heavy atom. The van der Waals surface area contributed by atoms with Gasteiger partial charge in [0.1, 0.15) is 0 Å². The van der Waals surface area contributed by atoms with Gasteiger partial charge in [-0.2, -0.15) is 5.10 Å². The number of hydrogen-bond acceptors (Lipinski definition) is 4. The number of carbonyl (C=O) groups excluding carboxylic acids is 1. The maximum absolute atomic E-state index is 11.9. The molecule has 90 valence electrons.